The lowest BCUT2D eigenvalue weighted by Gasteiger charge is -2.18. The van der Waals surface area contributed by atoms with Gasteiger partial charge < -0.3 is 20.7 Å². The van der Waals surface area contributed by atoms with E-state index in [1.54, 1.807) is 0 Å². The number of esters is 1. The van der Waals surface area contributed by atoms with Crippen LogP contribution in [0, 0.1) is 0 Å². The van der Waals surface area contributed by atoms with Crippen molar-refractivity contribution in [2.75, 3.05) is 16.0 Å². The molecule has 0 fully saturated rings. The van der Waals surface area contributed by atoms with E-state index >= 15 is 0 Å². The third-order valence-corrected chi connectivity index (χ3v) is 4.82. The van der Waals surface area contributed by atoms with Crippen LogP contribution in [0.1, 0.15) is 62.9 Å². The second-order valence-corrected chi connectivity index (χ2v) is 7.59. The number of carbonyl (C=O) groups excluding carboxylic acids is 4. The van der Waals surface area contributed by atoms with Gasteiger partial charge in [0.25, 0.3) is 5.91 Å². The van der Waals surface area contributed by atoms with E-state index < -0.39 is 18.0 Å². The highest BCUT2D eigenvalue weighted by Crippen LogP contribution is 2.27. The number of hydrogen-bond acceptors (Lipinski definition) is 5. The van der Waals surface area contributed by atoms with E-state index in [1.165, 1.54) is 39.0 Å². The average Bonchev–Trinajstić information content (AvgIpc) is 2.72. The summed E-state index contributed by atoms with van der Waals surface area (Å²) in [6.07, 6.45) is -0.153. The summed E-state index contributed by atoms with van der Waals surface area (Å²) in [5, 5.41) is 7.96. The van der Waals surface area contributed by atoms with Gasteiger partial charge in [-0.25, -0.2) is 4.79 Å². The minimum atomic E-state index is -1.07. The molecule has 2 rings (SSSR count). The standard InChI is InChI=1S/C24H29N3O5/c1-6-14(2)21-9-7-8-10-22(21)27-23(30)15(3)32-24(31)18-11-19(25-16(4)28)13-20(12-18)26-17(5)29/h7-15H,6H2,1-5H3,(H,25,28)(H,26,29)(H,27,30)/t14-,15+/m1/s1. The van der Waals surface area contributed by atoms with Gasteiger partial charge in [0.2, 0.25) is 11.8 Å². The number of amides is 3. The quantitative estimate of drug-likeness (QED) is 0.531. The second-order valence-electron chi connectivity index (χ2n) is 7.59. The summed E-state index contributed by atoms with van der Waals surface area (Å²) >= 11 is 0. The molecule has 0 aliphatic heterocycles. The Balaban J connectivity index is 2.17. The number of anilines is 3. The van der Waals surface area contributed by atoms with Crippen molar-refractivity contribution in [3.8, 4) is 0 Å². The highest BCUT2D eigenvalue weighted by molar-refractivity contribution is 6.00. The Morgan fingerprint density at radius 2 is 1.44 bits per heavy atom. The lowest BCUT2D eigenvalue weighted by molar-refractivity contribution is -0.123. The van der Waals surface area contributed by atoms with Gasteiger partial charge in [-0.05, 0) is 49.1 Å². The van der Waals surface area contributed by atoms with E-state index in [0.717, 1.165) is 12.0 Å². The number of carbonyl (C=O) groups is 4. The second kappa shape index (κ2) is 11.1. The smallest absolute Gasteiger partial charge is 0.339 e. The number of nitrogens with one attached hydrogen (secondary N) is 3. The van der Waals surface area contributed by atoms with E-state index in [9.17, 15) is 19.2 Å². The van der Waals surface area contributed by atoms with Gasteiger partial charge in [0.15, 0.2) is 6.10 Å². The first-order chi connectivity index (χ1) is 15.1. The molecule has 2 aromatic rings. The maximum Gasteiger partial charge on any atom is 0.339 e. The van der Waals surface area contributed by atoms with E-state index in [-0.39, 0.29) is 23.3 Å². The molecule has 0 saturated carbocycles. The fourth-order valence-electron chi connectivity index (χ4n) is 3.07. The van der Waals surface area contributed by atoms with Crippen LogP contribution in [0.2, 0.25) is 0 Å². The molecule has 8 heteroatoms. The molecule has 0 radical (unpaired) electrons. The number of para-hydroxylation sites is 1. The van der Waals surface area contributed by atoms with Crippen molar-refractivity contribution in [1.29, 1.82) is 0 Å². The molecule has 32 heavy (non-hydrogen) atoms. The molecule has 3 N–H and O–H groups in total. The van der Waals surface area contributed by atoms with E-state index in [2.05, 4.69) is 29.8 Å². The van der Waals surface area contributed by atoms with E-state index in [4.69, 9.17) is 4.74 Å². The van der Waals surface area contributed by atoms with Crippen molar-refractivity contribution in [3.63, 3.8) is 0 Å². The van der Waals surface area contributed by atoms with Gasteiger partial charge in [-0.15, -0.1) is 0 Å². The Labute approximate surface area is 187 Å². The van der Waals surface area contributed by atoms with Crippen LogP contribution in [0.5, 0.6) is 0 Å². The van der Waals surface area contributed by atoms with Crippen LogP contribution < -0.4 is 16.0 Å². The number of rotatable bonds is 8. The average molecular weight is 440 g/mol. The van der Waals surface area contributed by atoms with Crippen molar-refractivity contribution in [2.24, 2.45) is 0 Å². The number of benzene rings is 2. The maximum atomic E-state index is 12.7. The topological polar surface area (TPSA) is 114 Å². The third-order valence-electron chi connectivity index (χ3n) is 4.82. The summed E-state index contributed by atoms with van der Waals surface area (Å²) in [5.41, 5.74) is 2.39. The maximum absolute atomic E-state index is 12.7. The first-order valence-electron chi connectivity index (χ1n) is 10.4. The third kappa shape index (κ3) is 6.94. The van der Waals surface area contributed by atoms with Crippen LogP contribution in [0.4, 0.5) is 17.1 Å². The molecule has 0 heterocycles. The minimum Gasteiger partial charge on any atom is -0.449 e. The van der Waals surface area contributed by atoms with Gasteiger partial charge in [0, 0.05) is 30.9 Å². The summed E-state index contributed by atoms with van der Waals surface area (Å²) in [5.74, 6) is -1.64. The Morgan fingerprint density at radius 1 is 0.875 bits per heavy atom. The Kier molecular flexibility index (Phi) is 8.52. The van der Waals surface area contributed by atoms with Crippen LogP contribution in [-0.4, -0.2) is 29.8 Å². The Morgan fingerprint density at radius 3 is 1.97 bits per heavy atom. The predicted molar refractivity (Wildman–Crippen MR) is 124 cm³/mol. The molecule has 8 nitrogen and oxygen atoms in total. The van der Waals surface area contributed by atoms with E-state index in [0.29, 0.717) is 17.1 Å². The van der Waals surface area contributed by atoms with Gasteiger partial charge >= 0.3 is 5.97 Å². The van der Waals surface area contributed by atoms with Crippen molar-refractivity contribution in [2.45, 2.75) is 53.1 Å². The molecule has 0 aromatic heterocycles. The molecule has 3 amide bonds. The molecule has 0 saturated heterocycles. The largest absolute Gasteiger partial charge is 0.449 e. The van der Waals surface area contributed by atoms with Crippen molar-refractivity contribution in [3.05, 3.63) is 53.6 Å². The van der Waals surface area contributed by atoms with Crippen LogP contribution in [0.15, 0.2) is 42.5 Å². The SMILES string of the molecule is CC[C@@H](C)c1ccccc1NC(=O)[C@H](C)OC(=O)c1cc(NC(C)=O)cc(NC(C)=O)c1. The van der Waals surface area contributed by atoms with Crippen molar-refractivity contribution < 1.29 is 23.9 Å². The summed E-state index contributed by atoms with van der Waals surface area (Å²) in [7, 11) is 0. The molecule has 2 atom stereocenters. The molecule has 0 spiro atoms. The molecular formula is C24H29N3O5. The van der Waals surface area contributed by atoms with Gasteiger partial charge in [-0.1, -0.05) is 32.0 Å². The molecule has 0 aliphatic carbocycles. The highest BCUT2D eigenvalue weighted by Gasteiger charge is 2.21. The number of ether oxygens (including phenoxy) is 1. The highest BCUT2D eigenvalue weighted by atomic mass is 16.5. The fraction of sp³-hybridized carbons (Fsp3) is 0.333. The molecule has 0 aliphatic rings. The molecular weight excluding hydrogens is 410 g/mol. The molecule has 170 valence electrons. The zero-order valence-electron chi connectivity index (χ0n) is 18.9. The van der Waals surface area contributed by atoms with Gasteiger partial charge in [0.1, 0.15) is 0 Å². The van der Waals surface area contributed by atoms with Crippen LogP contribution >= 0.6 is 0 Å². The van der Waals surface area contributed by atoms with Crippen molar-refractivity contribution in [1.82, 2.24) is 0 Å². The number of hydrogen-bond donors (Lipinski definition) is 3. The Hall–Kier alpha value is -3.68. The lowest BCUT2D eigenvalue weighted by atomic mass is 9.97. The first kappa shape index (κ1) is 24.6. The predicted octanol–water partition coefficient (Wildman–Crippen LogP) is 4.30. The summed E-state index contributed by atoms with van der Waals surface area (Å²) in [6.45, 7) is 8.27. The Bertz CT molecular complexity index is 984. The van der Waals surface area contributed by atoms with Gasteiger partial charge in [-0.2, -0.15) is 0 Å². The zero-order chi connectivity index (χ0) is 23.8. The molecule has 2 aromatic carbocycles. The molecule has 0 bridgehead atoms. The van der Waals surface area contributed by atoms with E-state index in [1.807, 2.05) is 24.3 Å². The summed E-state index contributed by atoms with van der Waals surface area (Å²) in [4.78, 5) is 48.1. The van der Waals surface area contributed by atoms with Crippen molar-refractivity contribution >= 4 is 40.8 Å². The fourth-order valence-corrected chi connectivity index (χ4v) is 3.07. The normalized spacial score (nSPS) is 12.3. The van der Waals surface area contributed by atoms with Gasteiger partial charge in [0.05, 0.1) is 5.56 Å². The summed E-state index contributed by atoms with van der Waals surface area (Å²) in [6, 6.07) is 11.9. The summed E-state index contributed by atoms with van der Waals surface area (Å²) < 4.78 is 5.34. The zero-order valence-corrected chi connectivity index (χ0v) is 18.9. The molecule has 0 unspecified atom stereocenters. The first-order valence-corrected chi connectivity index (χ1v) is 10.4. The monoisotopic (exact) mass is 439 g/mol. The van der Waals surface area contributed by atoms with Crippen LogP contribution in [-0.2, 0) is 19.1 Å². The van der Waals surface area contributed by atoms with Crippen LogP contribution in [0.25, 0.3) is 0 Å². The van der Waals surface area contributed by atoms with Gasteiger partial charge in [-0.3, -0.25) is 14.4 Å². The van der Waals surface area contributed by atoms with Crippen LogP contribution in [0.3, 0.4) is 0 Å². The minimum absolute atomic E-state index is 0.0830. The lowest BCUT2D eigenvalue weighted by Crippen LogP contribution is -2.30.